The SMILES string of the molecule is [C-]#[N+]CCOP(OCCCNC(=O)OCC1C2CCC#CCCC21)N(C(C)C)C(C)C. The van der Waals surface area contributed by atoms with E-state index in [0.29, 0.717) is 57.1 Å². The lowest BCUT2D eigenvalue weighted by molar-refractivity contribution is 0.136. The molecule has 3 atom stereocenters. The van der Waals surface area contributed by atoms with Gasteiger partial charge in [0.15, 0.2) is 0 Å². The van der Waals surface area contributed by atoms with Crippen molar-refractivity contribution in [3.63, 3.8) is 0 Å². The summed E-state index contributed by atoms with van der Waals surface area (Å²) in [6.07, 6.45) is 4.54. The zero-order chi connectivity index (χ0) is 22.6. The van der Waals surface area contributed by atoms with Gasteiger partial charge in [-0.3, -0.25) is 0 Å². The highest BCUT2D eigenvalue weighted by Gasteiger charge is 2.49. The van der Waals surface area contributed by atoms with Gasteiger partial charge in [-0.05, 0) is 64.7 Å². The van der Waals surface area contributed by atoms with E-state index in [2.05, 4.69) is 54.4 Å². The van der Waals surface area contributed by atoms with Gasteiger partial charge in [-0.2, -0.15) is 0 Å². The van der Waals surface area contributed by atoms with E-state index in [4.69, 9.17) is 20.4 Å². The molecule has 1 amide bonds. The topological polar surface area (TPSA) is 64.4 Å². The fourth-order valence-electron chi connectivity index (χ4n) is 4.22. The number of amides is 1. The van der Waals surface area contributed by atoms with Gasteiger partial charge in [0, 0.05) is 31.5 Å². The van der Waals surface area contributed by atoms with Crippen LogP contribution in [0.2, 0.25) is 0 Å². The van der Waals surface area contributed by atoms with Crippen LogP contribution in [0, 0.1) is 36.2 Å². The second-order valence-electron chi connectivity index (χ2n) is 8.65. The van der Waals surface area contributed by atoms with Gasteiger partial charge >= 0.3 is 6.09 Å². The second-order valence-corrected chi connectivity index (χ2v) is 10.1. The number of nitrogens with one attached hydrogen (secondary N) is 1. The number of fused-ring (bicyclic) bond motifs is 1. The largest absolute Gasteiger partial charge is 0.449 e. The molecule has 0 aromatic rings. The maximum Gasteiger partial charge on any atom is 0.407 e. The van der Waals surface area contributed by atoms with Gasteiger partial charge in [-0.1, -0.05) is 0 Å². The van der Waals surface area contributed by atoms with Gasteiger partial charge in [0.05, 0.1) is 13.2 Å². The molecule has 2 aliphatic carbocycles. The minimum atomic E-state index is -1.23. The molecule has 3 unspecified atom stereocenters. The van der Waals surface area contributed by atoms with Crippen molar-refractivity contribution in [1.82, 2.24) is 9.99 Å². The lowest BCUT2D eigenvalue weighted by Crippen LogP contribution is -2.34. The van der Waals surface area contributed by atoms with Crippen molar-refractivity contribution in [1.29, 1.82) is 0 Å². The maximum absolute atomic E-state index is 12.0. The van der Waals surface area contributed by atoms with Gasteiger partial charge in [0.2, 0.25) is 6.54 Å². The van der Waals surface area contributed by atoms with Crippen LogP contribution in [-0.2, 0) is 13.8 Å². The number of rotatable bonds is 13. The van der Waals surface area contributed by atoms with Crippen LogP contribution in [0.3, 0.4) is 0 Å². The average molecular weight is 452 g/mol. The molecular weight excluding hydrogens is 413 g/mol. The number of hydrogen-bond acceptors (Lipinski definition) is 5. The van der Waals surface area contributed by atoms with Crippen LogP contribution in [0.4, 0.5) is 4.79 Å². The van der Waals surface area contributed by atoms with Crippen molar-refractivity contribution in [2.24, 2.45) is 17.8 Å². The van der Waals surface area contributed by atoms with E-state index in [1.165, 1.54) is 0 Å². The van der Waals surface area contributed by atoms with E-state index >= 15 is 0 Å². The molecule has 0 spiro atoms. The van der Waals surface area contributed by atoms with E-state index in [0.717, 1.165) is 25.7 Å². The molecular formula is C23H38N3O4P. The van der Waals surface area contributed by atoms with Gasteiger partial charge in [0.1, 0.15) is 6.61 Å². The Morgan fingerprint density at radius 2 is 1.74 bits per heavy atom. The minimum absolute atomic E-state index is 0.276. The molecule has 0 radical (unpaired) electrons. The smallest absolute Gasteiger partial charge is 0.407 e. The molecule has 0 heterocycles. The molecule has 0 saturated heterocycles. The molecule has 2 aliphatic rings. The molecule has 2 rings (SSSR count). The summed E-state index contributed by atoms with van der Waals surface area (Å²) in [5, 5.41) is 2.82. The average Bonchev–Trinajstić information content (AvgIpc) is 3.34. The zero-order valence-corrected chi connectivity index (χ0v) is 20.3. The standard InChI is InChI=1S/C23H38N3O4P/c1-18(2)26(19(3)4)31(30-16-14-24-5)29-15-10-13-25-23(27)28-17-22-20-11-8-6-7-9-12-21(20)22/h18-22H,8-17H2,1-4H3,(H,25,27). The van der Waals surface area contributed by atoms with E-state index < -0.39 is 8.53 Å². The lowest BCUT2D eigenvalue weighted by atomic mass is 10.1. The normalized spacial score (nSPS) is 23.2. The van der Waals surface area contributed by atoms with E-state index in [9.17, 15) is 4.79 Å². The summed E-state index contributed by atoms with van der Waals surface area (Å²) in [5.74, 6) is 8.28. The summed E-state index contributed by atoms with van der Waals surface area (Å²) in [5.41, 5.74) is 0. The third-order valence-corrected chi connectivity index (χ3v) is 7.80. The Labute approximate surface area is 189 Å². The first kappa shape index (κ1) is 25.9. The van der Waals surface area contributed by atoms with E-state index in [1.54, 1.807) is 0 Å². The first-order chi connectivity index (χ1) is 15.0. The minimum Gasteiger partial charge on any atom is -0.449 e. The van der Waals surface area contributed by atoms with Crippen LogP contribution in [0.15, 0.2) is 0 Å². The molecule has 0 bridgehead atoms. The summed E-state index contributed by atoms with van der Waals surface area (Å²) < 4.78 is 19.5. The van der Waals surface area contributed by atoms with Gasteiger partial charge in [0.25, 0.3) is 8.53 Å². The van der Waals surface area contributed by atoms with Gasteiger partial charge < -0.3 is 23.9 Å². The van der Waals surface area contributed by atoms with Crippen LogP contribution >= 0.6 is 8.53 Å². The molecule has 31 heavy (non-hydrogen) atoms. The quantitative estimate of drug-likeness (QED) is 0.188. The number of ether oxygens (including phenoxy) is 1. The summed E-state index contributed by atoms with van der Waals surface area (Å²) >= 11 is 0. The fraction of sp³-hybridized carbons (Fsp3) is 0.826. The second kappa shape index (κ2) is 13.9. The van der Waals surface area contributed by atoms with Crippen LogP contribution in [0.5, 0.6) is 0 Å². The highest BCUT2D eigenvalue weighted by molar-refractivity contribution is 7.44. The lowest BCUT2D eigenvalue weighted by Gasteiger charge is -2.35. The van der Waals surface area contributed by atoms with Crippen LogP contribution < -0.4 is 5.32 Å². The van der Waals surface area contributed by atoms with Crippen LogP contribution in [0.1, 0.15) is 59.8 Å². The summed E-state index contributed by atoms with van der Waals surface area (Å²) in [4.78, 5) is 15.4. The van der Waals surface area contributed by atoms with Crippen molar-refractivity contribution in [3.8, 4) is 11.8 Å². The Kier molecular flexibility index (Phi) is 11.6. The number of nitrogens with zero attached hydrogens (tertiary/aromatic N) is 2. The Hall–Kier alpha value is -1.37. The fourth-order valence-corrected chi connectivity index (χ4v) is 5.84. The molecule has 174 valence electrons. The van der Waals surface area contributed by atoms with Crippen molar-refractivity contribution in [2.45, 2.75) is 71.9 Å². The molecule has 7 nitrogen and oxygen atoms in total. The third-order valence-electron chi connectivity index (χ3n) is 5.69. The molecule has 0 aromatic carbocycles. The Bertz CT molecular complexity index is 629. The summed E-state index contributed by atoms with van der Waals surface area (Å²) in [6.45, 7) is 17.6. The molecule has 0 aromatic heterocycles. The summed E-state index contributed by atoms with van der Waals surface area (Å²) in [7, 11) is -1.23. The predicted octanol–water partition coefficient (Wildman–Crippen LogP) is 4.84. The number of alkyl carbamates (subject to hydrolysis) is 1. The summed E-state index contributed by atoms with van der Waals surface area (Å²) in [6, 6.07) is 0.553. The van der Waals surface area contributed by atoms with Crippen LogP contribution in [-0.4, -0.2) is 55.8 Å². The van der Waals surface area contributed by atoms with Gasteiger partial charge in [-0.25, -0.2) is 16.0 Å². The zero-order valence-electron chi connectivity index (χ0n) is 19.4. The first-order valence-corrected chi connectivity index (χ1v) is 12.6. The maximum atomic E-state index is 12.0. The van der Waals surface area contributed by atoms with Gasteiger partial charge in [-0.15, -0.1) is 11.8 Å². The Balaban J connectivity index is 1.62. The van der Waals surface area contributed by atoms with Crippen molar-refractivity contribution >= 4 is 14.6 Å². The molecule has 1 N–H and O–H groups in total. The number of carbonyl (C=O) groups excluding carboxylic acids is 1. The Morgan fingerprint density at radius 3 is 2.32 bits per heavy atom. The van der Waals surface area contributed by atoms with Crippen molar-refractivity contribution in [3.05, 3.63) is 11.4 Å². The molecule has 8 heteroatoms. The number of hydrogen-bond donors (Lipinski definition) is 1. The highest BCUT2D eigenvalue weighted by atomic mass is 31.2. The number of carbonyl (C=O) groups is 1. The molecule has 1 fully saturated rings. The first-order valence-electron chi connectivity index (χ1n) is 11.5. The Morgan fingerprint density at radius 1 is 1.13 bits per heavy atom. The van der Waals surface area contributed by atoms with Crippen LogP contribution in [0.25, 0.3) is 4.85 Å². The monoisotopic (exact) mass is 451 g/mol. The van der Waals surface area contributed by atoms with E-state index in [1.807, 2.05) is 0 Å². The van der Waals surface area contributed by atoms with Crippen molar-refractivity contribution < 1.29 is 18.6 Å². The molecule has 1 saturated carbocycles. The highest BCUT2D eigenvalue weighted by Crippen LogP contribution is 2.52. The van der Waals surface area contributed by atoms with Crippen molar-refractivity contribution in [2.75, 3.05) is 32.9 Å². The predicted molar refractivity (Wildman–Crippen MR) is 123 cm³/mol. The third kappa shape index (κ3) is 8.95. The molecule has 0 aliphatic heterocycles. The van der Waals surface area contributed by atoms with E-state index in [-0.39, 0.29) is 18.2 Å².